The Morgan fingerprint density at radius 1 is 1.30 bits per heavy atom. The van der Waals surface area contributed by atoms with Crippen LogP contribution in [0.25, 0.3) is 0 Å². The van der Waals surface area contributed by atoms with Crippen molar-refractivity contribution in [2.45, 2.75) is 6.92 Å². The fourth-order valence-corrected chi connectivity index (χ4v) is 1.45. The average Bonchev–Trinajstić information content (AvgIpc) is 2.46. The van der Waals surface area contributed by atoms with E-state index in [0.717, 1.165) is 6.08 Å². The van der Waals surface area contributed by atoms with E-state index in [0.29, 0.717) is 18.0 Å². The van der Waals surface area contributed by atoms with E-state index in [1.165, 1.54) is 7.11 Å². The van der Waals surface area contributed by atoms with Crippen LogP contribution in [0.15, 0.2) is 36.0 Å². The minimum absolute atomic E-state index is 0.104. The third-order valence-corrected chi connectivity index (χ3v) is 2.39. The molecule has 0 unspecified atom stereocenters. The molecule has 1 aromatic rings. The second-order valence-electron chi connectivity index (χ2n) is 3.80. The predicted molar refractivity (Wildman–Crippen MR) is 75.4 cm³/mol. The molecule has 0 aliphatic carbocycles. The van der Waals surface area contributed by atoms with Crippen LogP contribution < -0.4 is 15.4 Å². The van der Waals surface area contributed by atoms with E-state index < -0.39 is 5.97 Å². The highest BCUT2D eigenvalue weighted by atomic mass is 16.5. The zero-order valence-corrected chi connectivity index (χ0v) is 11.7. The minimum Gasteiger partial charge on any atom is -0.497 e. The fraction of sp³-hybridized carbons (Fsp3) is 0.286. The normalized spacial score (nSPS) is 10.7. The summed E-state index contributed by atoms with van der Waals surface area (Å²) in [6.45, 7) is 2.25. The standard InChI is InChI=1S/C14H18N2O4/c1-4-15-14(18)12(9-13(17)20-3)16-10-6-5-7-11(8-10)19-2/h5-9,16H,4H2,1-3H3,(H,15,18)/b12-9-. The molecule has 0 aromatic heterocycles. The summed E-state index contributed by atoms with van der Waals surface area (Å²) in [5.41, 5.74) is 0.734. The molecule has 1 aromatic carbocycles. The van der Waals surface area contributed by atoms with Crippen molar-refractivity contribution in [3.63, 3.8) is 0 Å². The number of rotatable bonds is 6. The third-order valence-electron chi connectivity index (χ3n) is 2.39. The largest absolute Gasteiger partial charge is 0.497 e. The van der Waals surface area contributed by atoms with Crippen LogP contribution in [0.5, 0.6) is 5.75 Å². The Kier molecular flexibility index (Phi) is 6.09. The van der Waals surface area contributed by atoms with Crippen molar-refractivity contribution in [1.82, 2.24) is 5.32 Å². The molecule has 0 saturated carbocycles. The van der Waals surface area contributed by atoms with Crippen LogP contribution in [0.4, 0.5) is 5.69 Å². The van der Waals surface area contributed by atoms with Crippen molar-refractivity contribution in [3.05, 3.63) is 36.0 Å². The molecule has 0 atom stereocenters. The molecule has 0 saturated heterocycles. The molecule has 20 heavy (non-hydrogen) atoms. The summed E-state index contributed by atoms with van der Waals surface area (Å²) in [6, 6.07) is 7.02. The quantitative estimate of drug-likeness (QED) is 0.606. The molecule has 0 aliphatic rings. The summed E-state index contributed by atoms with van der Waals surface area (Å²) in [6.07, 6.45) is 1.10. The van der Waals surface area contributed by atoms with Gasteiger partial charge in [-0.2, -0.15) is 0 Å². The SMILES string of the molecule is CCNC(=O)/C(=C/C(=O)OC)Nc1cccc(OC)c1. The van der Waals surface area contributed by atoms with Crippen LogP contribution in [-0.2, 0) is 14.3 Å². The number of benzene rings is 1. The molecule has 0 aliphatic heterocycles. The van der Waals surface area contributed by atoms with Gasteiger partial charge in [0.05, 0.1) is 20.3 Å². The third kappa shape index (κ3) is 4.64. The number of ether oxygens (including phenoxy) is 2. The highest BCUT2D eigenvalue weighted by Crippen LogP contribution is 2.18. The topological polar surface area (TPSA) is 76.7 Å². The van der Waals surface area contributed by atoms with Gasteiger partial charge in [-0.05, 0) is 19.1 Å². The molecule has 0 fully saturated rings. The van der Waals surface area contributed by atoms with Crippen LogP contribution in [0.2, 0.25) is 0 Å². The van der Waals surface area contributed by atoms with Crippen LogP contribution in [0, 0.1) is 0 Å². The second kappa shape index (κ2) is 7.83. The summed E-state index contributed by atoms with van der Waals surface area (Å²) in [7, 11) is 2.80. The lowest BCUT2D eigenvalue weighted by Crippen LogP contribution is -2.28. The van der Waals surface area contributed by atoms with Gasteiger partial charge < -0.3 is 20.1 Å². The number of amides is 1. The maximum atomic E-state index is 11.9. The molecule has 2 N–H and O–H groups in total. The molecule has 1 rings (SSSR count). The van der Waals surface area contributed by atoms with Crippen molar-refractivity contribution in [3.8, 4) is 5.75 Å². The first-order chi connectivity index (χ1) is 9.60. The number of methoxy groups -OCH3 is 2. The van der Waals surface area contributed by atoms with Gasteiger partial charge >= 0.3 is 5.97 Å². The van der Waals surface area contributed by atoms with Crippen molar-refractivity contribution in [1.29, 1.82) is 0 Å². The maximum absolute atomic E-state index is 11.9. The summed E-state index contributed by atoms with van der Waals surface area (Å²) < 4.78 is 9.63. The van der Waals surface area contributed by atoms with Crippen LogP contribution in [0.3, 0.4) is 0 Å². The predicted octanol–water partition coefficient (Wildman–Crippen LogP) is 1.30. The van der Waals surface area contributed by atoms with Crippen molar-refractivity contribution in [2.75, 3.05) is 26.1 Å². The maximum Gasteiger partial charge on any atom is 0.332 e. The summed E-state index contributed by atoms with van der Waals surface area (Å²) >= 11 is 0. The Morgan fingerprint density at radius 2 is 2.05 bits per heavy atom. The van der Waals surface area contributed by atoms with Crippen molar-refractivity contribution < 1.29 is 19.1 Å². The summed E-state index contributed by atoms with van der Waals surface area (Å²) in [5, 5.41) is 5.49. The van der Waals surface area contributed by atoms with E-state index in [9.17, 15) is 9.59 Å². The number of nitrogens with one attached hydrogen (secondary N) is 2. The Bertz CT molecular complexity index is 512. The molecular formula is C14H18N2O4. The zero-order chi connectivity index (χ0) is 15.0. The monoisotopic (exact) mass is 278 g/mol. The van der Waals surface area contributed by atoms with Gasteiger partial charge in [0.25, 0.3) is 5.91 Å². The van der Waals surface area contributed by atoms with Crippen LogP contribution in [-0.4, -0.2) is 32.6 Å². The highest BCUT2D eigenvalue weighted by molar-refractivity contribution is 6.01. The van der Waals surface area contributed by atoms with Gasteiger partial charge in [0, 0.05) is 18.3 Å². The smallest absolute Gasteiger partial charge is 0.332 e. The van der Waals surface area contributed by atoms with Gasteiger partial charge in [0.1, 0.15) is 11.4 Å². The Balaban J connectivity index is 2.96. The van der Waals surface area contributed by atoms with Gasteiger partial charge in [0.2, 0.25) is 0 Å². The van der Waals surface area contributed by atoms with Crippen molar-refractivity contribution in [2.24, 2.45) is 0 Å². The zero-order valence-electron chi connectivity index (χ0n) is 11.7. The van der Waals surface area contributed by atoms with E-state index >= 15 is 0 Å². The Labute approximate surface area is 117 Å². The minimum atomic E-state index is -0.610. The molecule has 1 amide bonds. The van der Waals surface area contributed by atoms with E-state index in [1.807, 2.05) is 0 Å². The van der Waals surface area contributed by atoms with Crippen molar-refractivity contribution >= 4 is 17.6 Å². The second-order valence-corrected chi connectivity index (χ2v) is 3.80. The summed E-state index contributed by atoms with van der Waals surface area (Å²) in [5.74, 6) is -0.356. The Morgan fingerprint density at radius 3 is 2.65 bits per heavy atom. The molecule has 0 spiro atoms. The highest BCUT2D eigenvalue weighted by Gasteiger charge is 2.11. The number of carbonyl (C=O) groups excluding carboxylic acids is 2. The number of hydrogen-bond donors (Lipinski definition) is 2. The van der Waals surface area contributed by atoms with Gasteiger partial charge in [-0.1, -0.05) is 6.07 Å². The van der Waals surface area contributed by atoms with Crippen LogP contribution in [0.1, 0.15) is 6.92 Å². The number of carbonyl (C=O) groups is 2. The van der Waals surface area contributed by atoms with Gasteiger partial charge in [-0.15, -0.1) is 0 Å². The first kappa shape index (κ1) is 15.6. The van der Waals surface area contributed by atoms with E-state index in [4.69, 9.17) is 4.74 Å². The van der Waals surface area contributed by atoms with E-state index in [2.05, 4.69) is 15.4 Å². The molecular weight excluding hydrogens is 260 g/mol. The lowest BCUT2D eigenvalue weighted by Gasteiger charge is -2.11. The van der Waals surface area contributed by atoms with Gasteiger partial charge in [0.15, 0.2) is 0 Å². The molecule has 6 heteroatoms. The summed E-state index contributed by atoms with van der Waals surface area (Å²) in [4.78, 5) is 23.2. The van der Waals surface area contributed by atoms with E-state index in [1.54, 1.807) is 38.3 Å². The molecule has 0 bridgehead atoms. The van der Waals surface area contributed by atoms with Gasteiger partial charge in [-0.3, -0.25) is 4.79 Å². The Hall–Kier alpha value is -2.50. The fourth-order valence-electron chi connectivity index (χ4n) is 1.45. The number of esters is 1. The first-order valence-electron chi connectivity index (χ1n) is 6.09. The average molecular weight is 278 g/mol. The first-order valence-corrected chi connectivity index (χ1v) is 6.09. The lowest BCUT2D eigenvalue weighted by molar-refractivity contribution is -0.135. The number of likely N-dealkylation sites (N-methyl/N-ethyl adjacent to an activating group) is 1. The van der Waals surface area contributed by atoms with E-state index in [-0.39, 0.29) is 11.6 Å². The number of hydrogen-bond acceptors (Lipinski definition) is 5. The molecule has 108 valence electrons. The molecule has 0 radical (unpaired) electrons. The molecule has 0 heterocycles. The van der Waals surface area contributed by atoms with Crippen LogP contribution >= 0.6 is 0 Å². The molecule has 6 nitrogen and oxygen atoms in total. The number of anilines is 1. The van der Waals surface area contributed by atoms with Gasteiger partial charge in [-0.25, -0.2) is 4.79 Å². The lowest BCUT2D eigenvalue weighted by atomic mass is 10.2.